The largest absolute Gasteiger partial charge is 0.516 e. The van der Waals surface area contributed by atoms with Gasteiger partial charge in [-0.25, -0.2) is 0 Å². The van der Waals surface area contributed by atoms with Crippen LogP contribution in [0, 0.1) is 0 Å². The summed E-state index contributed by atoms with van der Waals surface area (Å²) in [6.45, 7) is 0. The van der Waals surface area contributed by atoms with E-state index in [0.29, 0.717) is 6.42 Å². The summed E-state index contributed by atoms with van der Waals surface area (Å²) in [6, 6.07) is 0. The smallest absolute Gasteiger partial charge is 0.108 e. The molecule has 8 heavy (non-hydrogen) atoms. The van der Waals surface area contributed by atoms with Crippen LogP contribution in [0.25, 0.3) is 0 Å². The molecule has 3 heteroatoms. The Morgan fingerprint density at radius 3 is 2.50 bits per heavy atom. The fraction of sp³-hybridized carbons (Fsp3) is 0.600. The molecule has 0 aromatic rings. The summed E-state index contributed by atoms with van der Waals surface area (Å²) in [4.78, 5) is -0.314. The highest BCUT2D eigenvalue weighted by Crippen LogP contribution is 2.09. The molecule has 0 aromatic heterocycles. The SMILES string of the molecule is OC=CCCC(Cl)Cl. The van der Waals surface area contributed by atoms with Crippen LogP contribution >= 0.6 is 23.2 Å². The lowest BCUT2D eigenvalue weighted by atomic mass is 10.3. The van der Waals surface area contributed by atoms with Gasteiger partial charge in [0.25, 0.3) is 0 Å². The molecule has 0 unspecified atom stereocenters. The van der Waals surface area contributed by atoms with Gasteiger partial charge in [0.1, 0.15) is 4.84 Å². The number of allylic oxidation sites excluding steroid dienone is 1. The van der Waals surface area contributed by atoms with Crippen LogP contribution in [0.2, 0.25) is 0 Å². The number of aliphatic hydroxyl groups is 1. The van der Waals surface area contributed by atoms with Crippen LogP contribution < -0.4 is 0 Å². The van der Waals surface area contributed by atoms with E-state index < -0.39 is 0 Å². The van der Waals surface area contributed by atoms with Crippen LogP contribution in [0.3, 0.4) is 0 Å². The molecule has 0 aromatic carbocycles. The molecule has 0 aliphatic rings. The van der Waals surface area contributed by atoms with Crippen molar-refractivity contribution in [1.82, 2.24) is 0 Å². The highest BCUT2D eigenvalue weighted by Gasteiger charge is 1.93. The average molecular weight is 155 g/mol. The average Bonchev–Trinajstić information content (AvgIpc) is 1.66. The number of hydrogen-bond donors (Lipinski definition) is 1. The molecule has 0 heterocycles. The Bertz CT molecular complexity index is 70.8. The van der Waals surface area contributed by atoms with Crippen molar-refractivity contribution >= 4 is 23.2 Å². The van der Waals surface area contributed by atoms with Crippen molar-refractivity contribution in [1.29, 1.82) is 0 Å². The number of rotatable bonds is 3. The molecule has 48 valence electrons. The van der Waals surface area contributed by atoms with Crippen LogP contribution in [0.15, 0.2) is 12.3 Å². The zero-order valence-corrected chi connectivity index (χ0v) is 5.86. The standard InChI is InChI=1S/C5H8Cl2O/c6-5(7)3-1-2-4-8/h2,4-5,8H,1,3H2. The van der Waals surface area contributed by atoms with E-state index in [0.717, 1.165) is 12.7 Å². The van der Waals surface area contributed by atoms with Crippen molar-refractivity contribution in [2.75, 3.05) is 0 Å². The first-order chi connectivity index (χ1) is 3.77. The van der Waals surface area contributed by atoms with Gasteiger partial charge in [-0.3, -0.25) is 0 Å². The van der Waals surface area contributed by atoms with E-state index in [4.69, 9.17) is 28.3 Å². The first-order valence-electron chi connectivity index (χ1n) is 2.34. The third kappa shape index (κ3) is 6.12. The van der Waals surface area contributed by atoms with Gasteiger partial charge in [-0.05, 0) is 12.8 Å². The Labute approximate surface area is 58.9 Å². The predicted octanol–water partition coefficient (Wildman–Crippen LogP) is 2.64. The van der Waals surface area contributed by atoms with Gasteiger partial charge in [0, 0.05) is 0 Å². The van der Waals surface area contributed by atoms with E-state index in [1.807, 2.05) is 0 Å². The second-order valence-electron chi connectivity index (χ2n) is 1.35. The normalized spacial score (nSPS) is 11.4. The zero-order chi connectivity index (χ0) is 6.41. The van der Waals surface area contributed by atoms with Crippen molar-refractivity contribution < 1.29 is 5.11 Å². The van der Waals surface area contributed by atoms with E-state index in [1.54, 1.807) is 6.08 Å². The highest BCUT2D eigenvalue weighted by molar-refractivity contribution is 6.44. The van der Waals surface area contributed by atoms with Crippen LogP contribution in [0.5, 0.6) is 0 Å². The minimum atomic E-state index is -0.314. The molecule has 0 atom stereocenters. The molecule has 0 aliphatic carbocycles. The summed E-state index contributed by atoms with van der Waals surface area (Å²) >= 11 is 10.7. The van der Waals surface area contributed by atoms with E-state index in [-0.39, 0.29) is 4.84 Å². The van der Waals surface area contributed by atoms with Gasteiger partial charge in [-0.15, -0.1) is 23.2 Å². The fourth-order valence-corrected chi connectivity index (χ4v) is 0.549. The maximum absolute atomic E-state index is 8.11. The van der Waals surface area contributed by atoms with E-state index in [2.05, 4.69) is 0 Å². The molecule has 0 saturated heterocycles. The summed E-state index contributed by atoms with van der Waals surface area (Å²) in [5, 5.41) is 8.11. The molecule has 0 spiro atoms. The van der Waals surface area contributed by atoms with Crippen molar-refractivity contribution in [2.24, 2.45) is 0 Å². The van der Waals surface area contributed by atoms with Gasteiger partial charge < -0.3 is 5.11 Å². The van der Waals surface area contributed by atoms with Crippen molar-refractivity contribution in [3.63, 3.8) is 0 Å². The molecule has 0 saturated carbocycles. The van der Waals surface area contributed by atoms with Crippen LogP contribution in [0.4, 0.5) is 0 Å². The first-order valence-corrected chi connectivity index (χ1v) is 3.22. The lowest BCUT2D eigenvalue weighted by Crippen LogP contribution is -1.82. The summed E-state index contributed by atoms with van der Waals surface area (Å²) in [5.74, 6) is 0. The molecule has 1 N–H and O–H groups in total. The van der Waals surface area contributed by atoms with Gasteiger partial charge >= 0.3 is 0 Å². The Hall–Kier alpha value is 0.120. The van der Waals surface area contributed by atoms with Gasteiger partial charge in [0.2, 0.25) is 0 Å². The Kier molecular flexibility index (Phi) is 5.34. The maximum Gasteiger partial charge on any atom is 0.108 e. The summed E-state index contributed by atoms with van der Waals surface area (Å²) in [6.07, 6.45) is 4.03. The fourth-order valence-electron chi connectivity index (χ4n) is 0.297. The first kappa shape index (κ1) is 8.12. The number of alkyl halides is 2. The lowest BCUT2D eigenvalue weighted by Gasteiger charge is -1.92. The van der Waals surface area contributed by atoms with Crippen LogP contribution in [0.1, 0.15) is 12.8 Å². The molecular formula is C5H8Cl2O. The van der Waals surface area contributed by atoms with Gasteiger partial charge in [0.05, 0.1) is 6.26 Å². The highest BCUT2D eigenvalue weighted by atomic mass is 35.5. The van der Waals surface area contributed by atoms with E-state index in [1.165, 1.54) is 0 Å². The Morgan fingerprint density at radius 1 is 1.50 bits per heavy atom. The monoisotopic (exact) mass is 154 g/mol. The minimum Gasteiger partial charge on any atom is -0.516 e. The number of aliphatic hydroxyl groups excluding tert-OH is 1. The van der Waals surface area contributed by atoms with Crippen molar-refractivity contribution in [3.8, 4) is 0 Å². The number of halogens is 2. The zero-order valence-electron chi connectivity index (χ0n) is 4.35. The third-order valence-electron chi connectivity index (χ3n) is 0.657. The molecule has 0 fully saturated rings. The van der Waals surface area contributed by atoms with E-state index in [9.17, 15) is 0 Å². The summed E-state index contributed by atoms with van der Waals surface area (Å²) < 4.78 is 0. The van der Waals surface area contributed by atoms with Crippen molar-refractivity contribution in [3.05, 3.63) is 12.3 Å². The molecule has 1 nitrogen and oxygen atoms in total. The van der Waals surface area contributed by atoms with Gasteiger partial charge in [-0.2, -0.15) is 0 Å². The van der Waals surface area contributed by atoms with Crippen molar-refractivity contribution in [2.45, 2.75) is 17.7 Å². The maximum atomic E-state index is 8.11. The molecule has 0 amide bonds. The topological polar surface area (TPSA) is 20.2 Å². The number of hydrogen-bond acceptors (Lipinski definition) is 1. The third-order valence-corrected chi connectivity index (χ3v) is 1.09. The molecule has 0 rings (SSSR count). The predicted molar refractivity (Wildman–Crippen MR) is 36.5 cm³/mol. The molecule has 0 aliphatic heterocycles. The summed E-state index contributed by atoms with van der Waals surface area (Å²) in [7, 11) is 0. The Balaban J connectivity index is 2.93. The Morgan fingerprint density at radius 2 is 2.12 bits per heavy atom. The van der Waals surface area contributed by atoms with Crippen LogP contribution in [-0.4, -0.2) is 9.94 Å². The van der Waals surface area contributed by atoms with Gasteiger partial charge in [0.15, 0.2) is 0 Å². The minimum absolute atomic E-state index is 0.314. The molecular weight excluding hydrogens is 147 g/mol. The molecule has 0 radical (unpaired) electrons. The van der Waals surface area contributed by atoms with Gasteiger partial charge in [-0.1, -0.05) is 6.08 Å². The van der Waals surface area contributed by atoms with E-state index >= 15 is 0 Å². The molecule has 0 bridgehead atoms. The van der Waals surface area contributed by atoms with Crippen LogP contribution in [-0.2, 0) is 0 Å². The second kappa shape index (κ2) is 5.26. The quantitative estimate of drug-likeness (QED) is 0.490. The lowest BCUT2D eigenvalue weighted by molar-refractivity contribution is 0.470. The summed E-state index contributed by atoms with van der Waals surface area (Å²) in [5.41, 5.74) is 0. The second-order valence-corrected chi connectivity index (χ2v) is 2.63.